The van der Waals surface area contributed by atoms with Gasteiger partial charge in [0, 0.05) is 29.7 Å². The molecule has 27 heavy (non-hydrogen) atoms. The van der Waals surface area contributed by atoms with Crippen molar-refractivity contribution >= 4 is 44.0 Å². The van der Waals surface area contributed by atoms with Crippen LogP contribution in [-0.4, -0.2) is 53.7 Å². The zero-order valence-electron chi connectivity index (χ0n) is 15.2. The summed E-state index contributed by atoms with van der Waals surface area (Å²) in [5, 5.41) is 0. The lowest BCUT2D eigenvalue weighted by atomic mass is 10.2. The molecule has 9 heteroatoms. The molecule has 1 fully saturated rings. The fourth-order valence-electron chi connectivity index (χ4n) is 2.88. The molecule has 2 aromatic carbocycles. The number of hydrogen-bond acceptors (Lipinski definition) is 5. The zero-order chi connectivity index (χ0) is 18.7. The number of nitrogens with zero attached hydrogens (tertiary/aromatic N) is 2. The molecule has 3 rings (SSSR count). The summed E-state index contributed by atoms with van der Waals surface area (Å²) in [6.07, 6.45) is 0. The van der Waals surface area contributed by atoms with Gasteiger partial charge in [-0.05, 0) is 72.1 Å². The van der Waals surface area contributed by atoms with Crippen molar-refractivity contribution in [3.8, 4) is 5.75 Å². The highest BCUT2D eigenvalue weighted by molar-refractivity contribution is 14.1. The maximum atomic E-state index is 12.6. The molecular formula is C18H22ClIN3O3S-. The summed E-state index contributed by atoms with van der Waals surface area (Å²) in [7, 11) is 0.0999. The van der Waals surface area contributed by atoms with Crippen LogP contribution in [0.4, 0.5) is 11.4 Å². The van der Waals surface area contributed by atoms with Gasteiger partial charge in [0.1, 0.15) is 5.75 Å². The first-order valence-corrected chi connectivity index (χ1v) is 10.8. The quantitative estimate of drug-likeness (QED) is 0.554. The largest absolute Gasteiger partial charge is 1.00 e. The first-order valence-electron chi connectivity index (χ1n) is 8.29. The maximum absolute atomic E-state index is 12.6. The van der Waals surface area contributed by atoms with E-state index in [1.54, 1.807) is 43.5 Å². The monoisotopic (exact) mass is 522 g/mol. The molecule has 0 spiro atoms. The molecule has 1 aliphatic rings. The molecule has 1 N–H and O–H groups in total. The molecule has 148 valence electrons. The first kappa shape index (κ1) is 22.1. The molecule has 1 heterocycles. The number of nitrogens with one attached hydrogen (secondary N) is 1. The van der Waals surface area contributed by atoms with E-state index in [0.29, 0.717) is 5.69 Å². The highest BCUT2D eigenvalue weighted by Crippen LogP contribution is 2.32. The Labute approximate surface area is 180 Å². The van der Waals surface area contributed by atoms with Crippen LogP contribution < -0.4 is 26.8 Å². The number of anilines is 2. The first-order chi connectivity index (χ1) is 12.4. The van der Waals surface area contributed by atoms with E-state index in [4.69, 9.17) is 4.74 Å². The van der Waals surface area contributed by atoms with E-state index in [-0.39, 0.29) is 17.3 Å². The molecule has 6 nitrogen and oxygen atoms in total. The number of sulfonamides is 1. The second-order valence-corrected chi connectivity index (χ2v) is 9.16. The van der Waals surface area contributed by atoms with Gasteiger partial charge in [-0.25, -0.2) is 8.42 Å². The van der Waals surface area contributed by atoms with Crippen LogP contribution in [0.1, 0.15) is 0 Å². The van der Waals surface area contributed by atoms with Crippen LogP contribution in [0, 0.1) is 3.57 Å². The van der Waals surface area contributed by atoms with Crippen LogP contribution in [0.2, 0.25) is 0 Å². The van der Waals surface area contributed by atoms with Crippen LogP contribution in [0.15, 0.2) is 47.4 Å². The summed E-state index contributed by atoms with van der Waals surface area (Å²) in [4.78, 5) is 4.74. The summed E-state index contributed by atoms with van der Waals surface area (Å²) in [5.74, 6) is 0.742. The Hall–Kier alpha value is -1.23. The minimum atomic E-state index is -3.63. The van der Waals surface area contributed by atoms with Crippen molar-refractivity contribution in [2.75, 3.05) is 50.0 Å². The van der Waals surface area contributed by atoms with Crippen LogP contribution >= 0.6 is 22.6 Å². The number of methoxy groups -OCH3 is 1. The summed E-state index contributed by atoms with van der Waals surface area (Å²) in [6.45, 7) is 3.67. The van der Waals surface area contributed by atoms with Crippen LogP contribution in [0.3, 0.4) is 0 Å². The molecule has 1 aliphatic heterocycles. The molecule has 0 amide bonds. The Morgan fingerprint density at radius 1 is 1.04 bits per heavy atom. The summed E-state index contributed by atoms with van der Waals surface area (Å²) < 4.78 is 34.4. The Morgan fingerprint density at radius 2 is 1.67 bits per heavy atom. The molecule has 0 saturated carbocycles. The molecule has 0 aliphatic carbocycles. The zero-order valence-corrected chi connectivity index (χ0v) is 18.9. The highest BCUT2D eigenvalue weighted by atomic mass is 127. The minimum absolute atomic E-state index is 0. The Kier molecular flexibility index (Phi) is 7.61. The van der Waals surface area contributed by atoms with Crippen LogP contribution in [0.25, 0.3) is 0 Å². The predicted octanol–water partition coefficient (Wildman–Crippen LogP) is -0.144. The van der Waals surface area contributed by atoms with Gasteiger partial charge in [0.15, 0.2) is 0 Å². The molecule has 1 saturated heterocycles. The second-order valence-electron chi connectivity index (χ2n) is 6.24. The number of ether oxygens (including phenoxy) is 1. The normalized spacial score (nSPS) is 15.1. The lowest BCUT2D eigenvalue weighted by Gasteiger charge is -2.35. The molecule has 0 aromatic heterocycles. The van der Waals surface area contributed by atoms with Gasteiger partial charge in [-0.15, -0.1) is 0 Å². The number of likely N-dealkylation sites (N-methyl/N-ethyl adjacent to an activating group) is 1. The van der Waals surface area contributed by atoms with Crippen molar-refractivity contribution < 1.29 is 25.6 Å². The second kappa shape index (κ2) is 9.31. The van der Waals surface area contributed by atoms with Gasteiger partial charge in [-0.3, -0.25) is 4.72 Å². The molecular weight excluding hydrogens is 501 g/mol. The number of piperazine rings is 1. The Morgan fingerprint density at radius 3 is 2.26 bits per heavy atom. The SMILES string of the molecule is COc1ccc(NS(=O)(=O)c2ccc(I)cc2)cc1N1CCN(C)CC1.[Cl-]. The molecule has 2 aromatic rings. The Bertz CT molecular complexity index is 870. The van der Waals surface area contributed by atoms with Gasteiger partial charge >= 0.3 is 0 Å². The van der Waals surface area contributed by atoms with Gasteiger partial charge in [0.2, 0.25) is 0 Å². The van der Waals surface area contributed by atoms with Crippen molar-refractivity contribution in [3.63, 3.8) is 0 Å². The summed E-state index contributed by atoms with van der Waals surface area (Å²) >= 11 is 2.15. The number of benzene rings is 2. The smallest absolute Gasteiger partial charge is 0.261 e. The van der Waals surface area contributed by atoms with E-state index in [9.17, 15) is 8.42 Å². The summed E-state index contributed by atoms with van der Waals surface area (Å²) in [6, 6.07) is 12.1. The molecule has 0 radical (unpaired) electrons. The molecule has 0 bridgehead atoms. The highest BCUT2D eigenvalue weighted by Gasteiger charge is 2.20. The average Bonchev–Trinajstić information content (AvgIpc) is 2.62. The maximum Gasteiger partial charge on any atom is 0.261 e. The number of halogens is 2. The van der Waals surface area contributed by atoms with E-state index >= 15 is 0 Å². The van der Waals surface area contributed by atoms with Gasteiger partial charge in [-0.2, -0.15) is 0 Å². The van der Waals surface area contributed by atoms with Crippen molar-refractivity contribution in [1.29, 1.82) is 0 Å². The van der Waals surface area contributed by atoms with Crippen molar-refractivity contribution in [2.24, 2.45) is 0 Å². The van der Waals surface area contributed by atoms with Crippen molar-refractivity contribution in [2.45, 2.75) is 4.90 Å². The average molecular weight is 523 g/mol. The lowest BCUT2D eigenvalue weighted by Crippen LogP contribution is -3.00. The van der Waals surface area contributed by atoms with Crippen molar-refractivity contribution in [1.82, 2.24) is 4.90 Å². The van der Waals surface area contributed by atoms with Gasteiger partial charge < -0.3 is 26.9 Å². The van der Waals surface area contributed by atoms with E-state index in [1.165, 1.54) is 0 Å². The van der Waals surface area contributed by atoms with Crippen molar-refractivity contribution in [3.05, 3.63) is 46.0 Å². The third kappa shape index (κ3) is 5.40. The topological polar surface area (TPSA) is 61.9 Å². The third-order valence-corrected chi connectivity index (χ3v) is 6.52. The standard InChI is InChI=1S/C18H22IN3O3S.ClH/c1-21-9-11-22(12-10-21)17-13-15(5-8-18(17)25-2)20-26(23,24)16-6-3-14(19)4-7-16;/h3-8,13,20H,9-12H2,1-2H3;1H/p-1. The fourth-order valence-corrected chi connectivity index (χ4v) is 4.28. The van der Waals surface area contributed by atoms with Crippen LogP contribution in [0.5, 0.6) is 5.75 Å². The predicted molar refractivity (Wildman–Crippen MR) is 113 cm³/mol. The van der Waals surface area contributed by atoms with Crippen LogP contribution in [-0.2, 0) is 10.0 Å². The third-order valence-electron chi connectivity index (χ3n) is 4.40. The van der Waals surface area contributed by atoms with E-state index in [0.717, 1.165) is 41.2 Å². The molecule has 0 atom stereocenters. The van der Waals surface area contributed by atoms with Gasteiger partial charge in [0.25, 0.3) is 10.0 Å². The van der Waals surface area contributed by atoms with E-state index in [1.807, 2.05) is 6.07 Å². The van der Waals surface area contributed by atoms with Gasteiger partial charge in [-0.1, -0.05) is 0 Å². The summed E-state index contributed by atoms with van der Waals surface area (Å²) in [5.41, 5.74) is 1.43. The lowest BCUT2D eigenvalue weighted by molar-refractivity contribution is -0.00000780. The van der Waals surface area contributed by atoms with Gasteiger partial charge in [0.05, 0.1) is 23.4 Å². The molecule has 0 unspecified atom stereocenters. The Balaban J connectivity index is 0.00000261. The van der Waals surface area contributed by atoms with E-state index in [2.05, 4.69) is 44.2 Å². The number of hydrogen-bond donors (Lipinski definition) is 1. The fraction of sp³-hybridized carbons (Fsp3) is 0.333. The van der Waals surface area contributed by atoms with E-state index < -0.39 is 10.0 Å². The minimum Gasteiger partial charge on any atom is -1.00 e. The number of rotatable bonds is 5.